The Labute approximate surface area is 207 Å². The van der Waals surface area contributed by atoms with Gasteiger partial charge in [0.15, 0.2) is 0 Å². The molecule has 2 atom stereocenters. The smallest absolute Gasteiger partial charge is 0.308 e. The fourth-order valence-corrected chi connectivity index (χ4v) is 9.21. The molecule has 4 nitrogen and oxygen atoms in total. The SMILES string of the molecule is COC(=O)C[C@@H](O)CC/C=C/CCC[C@H](C)O[Si](c1ccccc1)(c1ccccc1)C(C)(C)C. The number of unbranched alkanes of at least 4 members (excludes halogenated alkanes) is 1. The van der Waals surface area contributed by atoms with Gasteiger partial charge in [-0.2, -0.15) is 0 Å². The molecule has 0 bridgehead atoms. The minimum atomic E-state index is -2.51. The third kappa shape index (κ3) is 7.93. The van der Waals surface area contributed by atoms with Gasteiger partial charge in [-0.3, -0.25) is 4.79 Å². The fraction of sp³-hybridized carbons (Fsp3) is 0.483. The molecule has 2 aromatic rings. The lowest BCUT2D eigenvalue weighted by atomic mass is 10.1. The van der Waals surface area contributed by atoms with Gasteiger partial charge in [-0.05, 0) is 54.4 Å². The van der Waals surface area contributed by atoms with Crippen LogP contribution in [0.25, 0.3) is 0 Å². The number of ether oxygens (including phenoxy) is 1. The molecule has 0 unspecified atom stereocenters. The van der Waals surface area contributed by atoms with Crippen LogP contribution < -0.4 is 10.4 Å². The molecule has 0 amide bonds. The van der Waals surface area contributed by atoms with E-state index in [9.17, 15) is 9.90 Å². The summed E-state index contributed by atoms with van der Waals surface area (Å²) in [5.74, 6) is -0.369. The molecule has 0 saturated heterocycles. The standard InChI is InChI=1S/C29H42O4Si/c1-24(17-11-7-6-8-12-18-25(30)23-28(31)32-5)33-34(29(2,3)4,26-19-13-9-14-20-26)27-21-15-10-16-22-27/h6,8-10,13-16,19-22,24-25,30H,7,11-12,17-18,23H2,1-5H3/b8-6+/t24-,25-/m0/s1. The molecule has 0 heterocycles. The van der Waals surface area contributed by atoms with E-state index in [1.54, 1.807) is 0 Å². The van der Waals surface area contributed by atoms with Gasteiger partial charge in [-0.15, -0.1) is 0 Å². The Morgan fingerprint density at radius 1 is 0.941 bits per heavy atom. The van der Waals surface area contributed by atoms with Crippen LogP contribution in [0.5, 0.6) is 0 Å². The third-order valence-corrected chi connectivity index (χ3v) is 11.4. The first-order valence-electron chi connectivity index (χ1n) is 12.4. The number of hydrogen-bond donors (Lipinski definition) is 1. The zero-order valence-electron chi connectivity index (χ0n) is 21.5. The summed E-state index contributed by atoms with van der Waals surface area (Å²) in [7, 11) is -1.17. The van der Waals surface area contributed by atoms with E-state index in [0.717, 1.165) is 25.7 Å². The number of aliphatic hydroxyl groups is 1. The molecule has 34 heavy (non-hydrogen) atoms. The van der Waals surface area contributed by atoms with Crippen LogP contribution in [0.4, 0.5) is 0 Å². The van der Waals surface area contributed by atoms with Crippen LogP contribution in [-0.4, -0.2) is 38.7 Å². The van der Waals surface area contributed by atoms with E-state index in [4.69, 9.17) is 4.43 Å². The summed E-state index contributed by atoms with van der Waals surface area (Å²) < 4.78 is 11.7. The number of allylic oxidation sites excluding steroid dienone is 2. The quantitative estimate of drug-likeness (QED) is 0.180. The second-order valence-electron chi connectivity index (χ2n) is 10.0. The van der Waals surface area contributed by atoms with Gasteiger partial charge in [-0.25, -0.2) is 0 Å². The molecule has 2 aromatic carbocycles. The number of methoxy groups -OCH3 is 1. The first-order valence-corrected chi connectivity index (χ1v) is 14.3. The predicted octanol–water partition coefficient (Wildman–Crippen LogP) is 5.38. The minimum absolute atomic E-state index is 0.0189. The molecule has 0 radical (unpaired) electrons. The number of aliphatic hydroxyl groups excluding tert-OH is 1. The molecule has 0 saturated carbocycles. The molecule has 0 aliphatic heterocycles. The Morgan fingerprint density at radius 2 is 1.47 bits per heavy atom. The molecule has 0 fully saturated rings. The Bertz CT molecular complexity index is 835. The van der Waals surface area contributed by atoms with Crippen LogP contribution >= 0.6 is 0 Å². The lowest BCUT2D eigenvalue weighted by Gasteiger charge is -2.44. The van der Waals surface area contributed by atoms with Crippen molar-refractivity contribution in [2.75, 3.05) is 7.11 Å². The summed E-state index contributed by atoms with van der Waals surface area (Å²) >= 11 is 0. The number of esters is 1. The Morgan fingerprint density at radius 3 is 1.97 bits per heavy atom. The van der Waals surface area contributed by atoms with Gasteiger partial charge in [0.1, 0.15) is 0 Å². The van der Waals surface area contributed by atoms with E-state index in [1.165, 1.54) is 17.5 Å². The minimum Gasteiger partial charge on any atom is -0.469 e. The van der Waals surface area contributed by atoms with Gasteiger partial charge in [0.05, 0.1) is 19.6 Å². The lowest BCUT2D eigenvalue weighted by molar-refractivity contribution is -0.142. The summed E-state index contributed by atoms with van der Waals surface area (Å²) in [6, 6.07) is 21.5. The zero-order chi connectivity index (χ0) is 25.0. The summed E-state index contributed by atoms with van der Waals surface area (Å²) in [4.78, 5) is 11.2. The predicted molar refractivity (Wildman–Crippen MR) is 143 cm³/mol. The summed E-state index contributed by atoms with van der Waals surface area (Å²) in [6.07, 6.45) is 8.14. The second-order valence-corrected chi connectivity index (χ2v) is 14.3. The molecular formula is C29H42O4Si. The van der Waals surface area contributed by atoms with Crippen LogP contribution in [0.2, 0.25) is 5.04 Å². The van der Waals surface area contributed by atoms with E-state index in [1.807, 2.05) is 0 Å². The normalized spacial score (nSPS) is 14.2. The van der Waals surface area contributed by atoms with Gasteiger partial charge in [0, 0.05) is 6.10 Å². The zero-order valence-corrected chi connectivity index (χ0v) is 22.5. The third-order valence-electron chi connectivity index (χ3n) is 6.24. The van der Waals surface area contributed by atoms with E-state index in [0.29, 0.717) is 6.42 Å². The van der Waals surface area contributed by atoms with Crippen molar-refractivity contribution in [3.63, 3.8) is 0 Å². The van der Waals surface area contributed by atoms with Crippen molar-refractivity contribution < 1.29 is 19.1 Å². The molecule has 186 valence electrons. The Kier molecular flexibility index (Phi) is 11.2. The first kappa shape index (κ1) is 28.0. The fourth-order valence-electron chi connectivity index (χ4n) is 4.48. The maximum absolute atomic E-state index is 11.2. The Balaban J connectivity index is 1.99. The van der Waals surface area contributed by atoms with E-state index in [2.05, 4.69) is 105 Å². The topological polar surface area (TPSA) is 55.8 Å². The van der Waals surface area contributed by atoms with Crippen molar-refractivity contribution in [2.45, 2.75) is 83.5 Å². The maximum Gasteiger partial charge on any atom is 0.308 e. The molecular weight excluding hydrogens is 440 g/mol. The highest BCUT2D eigenvalue weighted by molar-refractivity contribution is 6.99. The monoisotopic (exact) mass is 482 g/mol. The summed E-state index contributed by atoms with van der Waals surface area (Å²) in [5.41, 5.74) is 0. The Hall–Kier alpha value is -2.21. The van der Waals surface area contributed by atoms with Crippen molar-refractivity contribution >= 4 is 24.7 Å². The second kappa shape index (κ2) is 13.6. The van der Waals surface area contributed by atoms with Crippen molar-refractivity contribution in [3.05, 3.63) is 72.8 Å². The molecule has 1 N–H and O–H groups in total. The largest absolute Gasteiger partial charge is 0.469 e. The van der Waals surface area contributed by atoms with Gasteiger partial charge in [0.2, 0.25) is 0 Å². The lowest BCUT2D eigenvalue weighted by Crippen LogP contribution is -2.67. The molecule has 0 aliphatic rings. The van der Waals surface area contributed by atoms with Crippen molar-refractivity contribution in [3.8, 4) is 0 Å². The highest BCUT2D eigenvalue weighted by Gasteiger charge is 2.50. The number of hydrogen-bond acceptors (Lipinski definition) is 4. The molecule has 2 rings (SSSR count). The number of rotatable bonds is 13. The van der Waals surface area contributed by atoms with Gasteiger partial charge in [-0.1, -0.05) is 93.6 Å². The van der Waals surface area contributed by atoms with Crippen molar-refractivity contribution in [1.82, 2.24) is 0 Å². The van der Waals surface area contributed by atoms with Crippen molar-refractivity contribution in [1.29, 1.82) is 0 Å². The van der Waals surface area contributed by atoms with Gasteiger partial charge >= 0.3 is 5.97 Å². The number of benzene rings is 2. The van der Waals surface area contributed by atoms with Crippen LogP contribution in [0.15, 0.2) is 72.8 Å². The molecule has 0 aliphatic carbocycles. The van der Waals surface area contributed by atoms with Crippen LogP contribution in [-0.2, 0) is 14.0 Å². The van der Waals surface area contributed by atoms with Crippen LogP contribution in [0.1, 0.15) is 66.2 Å². The molecule has 0 spiro atoms. The van der Waals surface area contributed by atoms with E-state index < -0.39 is 14.4 Å². The van der Waals surface area contributed by atoms with Crippen LogP contribution in [0.3, 0.4) is 0 Å². The highest BCUT2D eigenvalue weighted by Crippen LogP contribution is 2.37. The van der Waals surface area contributed by atoms with Gasteiger partial charge in [0.25, 0.3) is 8.32 Å². The molecule has 5 heteroatoms. The highest BCUT2D eigenvalue weighted by atomic mass is 28.4. The molecule has 0 aromatic heterocycles. The van der Waals surface area contributed by atoms with E-state index in [-0.39, 0.29) is 23.5 Å². The first-order chi connectivity index (χ1) is 16.2. The van der Waals surface area contributed by atoms with Crippen LogP contribution in [0, 0.1) is 0 Å². The summed E-state index contributed by atoms with van der Waals surface area (Å²) in [6.45, 7) is 9.13. The number of carbonyl (C=O) groups is 1. The summed E-state index contributed by atoms with van der Waals surface area (Å²) in [5, 5.41) is 12.4. The maximum atomic E-state index is 11.2. The van der Waals surface area contributed by atoms with Crippen molar-refractivity contribution in [2.24, 2.45) is 0 Å². The average molecular weight is 483 g/mol. The van der Waals surface area contributed by atoms with Gasteiger partial charge < -0.3 is 14.3 Å². The number of carbonyl (C=O) groups excluding carboxylic acids is 1. The average Bonchev–Trinajstić information content (AvgIpc) is 2.82. The van der Waals surface area contributed by atoms with E-state index >= 15 is 0 Å².